The van der Waals surface area contributed by atoms with Gasteiger partial charge in [-0.05, 0) is 37.8 Å². The maximum atomic E-state index is 14.2. The quantitative estimate of drug-likeness (QED) is 0.762. The summed E-state index contributed by atoms with van der Waals surface area (Å²) in [6.07, 6.45) is 0.960. The van der Waals surface area contributed by atoms with Gasteiger partial charge in [-0.2, -0.15) is 0 Å². The SMILES string of the molecule is CCOC(=O)C1(Cc2ccc(F)cc2F)CCCN(C(=O)CNC(C)=O)C1. The zero-order valence-electron chi connectivity index (χ0n) is 15.5. The topological polar surface area (TPSA) is 75.7 Å². The van der Waals surface area contributed by atoms with Gasteiger partial charge < -0.3 is 15.0 Å². The van der Waals surface area contributed by atoms with Crippen LogP contribution in [0.3, 0.4) is 0 Å². The Morgan fingerprint density at radius 1 is 1.30 bits per heavy atom. The molecule has 1 unspecified atom stereocenters. The molecule has 8 heteroatoms. The van der Waals surface area contributed by atoms with E-state index in [-0.39, 0.29) is 43.5 Å². The Balaban J connectivity index is 2.25. The van der Waals surface area contributed by atoms with Gasteiger partial charge in [0.25, 0.3) is 0 Å². The highest BCUT2D eigenvalue weighted by Crippen LogP contribution is 2.36. The molecule has 2 rings (SSSR count). The first-order valence-corrected chi connectivity index (χ1v) is 8.91. The highest BCUT2D eigenvalue weighted by molar-refractivity contribution is 5.85. The second-order valence-electron chi connectivity index (χ2n) is 6.74. The highest BCUT2D eigenvalue weighted by atomic mass is 19.1. The van der Waals surface area contributed by atoms with Crippen LogP contribution in [-0.2, 0) is 25.5 Å². The summed E-state index contributed by atoms with van der Waals surface area (Å²) in [7, 11) is 0. The highest BCUT2D eigenvalue weighted by Gasteiger charge is 2.45. The Kier molecular flexibility index (Phi) is 6.87. The van der Waals surface area contributed by atoms with Crippen LogP contribution in [0.1, 0.15) is 32.3 Å². The average molecular weight is 382 g/mol. The van der Waals surface area contributed by atoms with Crippen molar-refractivity contribution in [2.24, 2.45) is 5.41 Å². The summed E-state index contributed by atoms with van der Waals surface area (Å²) in [4.78, 5) is 37.6. The molecular weight excluding hydrogens is 358 g/mol. The standard InChI is InChI=1S/C19H24F2N2O4/c1-3-27-18(26)19(10-14-5-6-15(20)9-16(14)21)7-4-8-23(12-19)17(25)11-22-13(2)24/h5-6,9H,3-4,7-8,10-12H2,1-2H3,(H,22,24). The van der Waals surface area contributed by atoms with Crippen molar-refractivity contribution in [3.63, 3.8) is 0 Å². The molecule has 2 amide bonds. The number of nitrogens with one attached hydrogen (secondary N) is 1. The minimum Gasteiger partial charge on any atom is -0.466 e. The van der Waals surface area contributed by atoms with Crippen LogP contribution in [0, 0.1) is 17.0 Å². The van der Waals surface area contributed by atoms with Crippen molar-refractivity contribution in [1.29, 1.82) is 0 Å². The molecule has 0 bridgehead atoms. The maximum absolute atomic E-state index is 14.2. The molecule has 0 aliphatic carbocycles. The van der Waals surface area contributed by atoms with Gasteiger partial charge in [0.1, 0.15) is 11.6 Å². The molecule has 0 aromatic heterocycles. The van der Waals surface area contributed by atoms with Crippen molar-refractivity contribution in [2.75, 3.05) is 26.2 Å². The number of hydrogen-bond acceptors (Lipinski definition) is 4. The molecule has 0 saturated carbocycles. The number of halogens is 2. The Morgan fingerprint density at radius 3 is 2.67 bits per heavy atom. The molecule has 6 nitrogen and oxygen atoms in total. The van der Waals surface area contributed by atoms with E-state index in [9.17, 15) is 23.2 Å². The number of benzene rings is 1. The molecule has 1 saturated heterocycles. The average Bonchev–Trinajstić information content (AvgIpc) is 2.62. The fourth-order valence-corrected chi connectivity index (χ4v) is 3.35. The molecule has 1 N–H and O–H groups in total. The number of piperidine rings is 1. The lowest BCUT2D eigenvalue weighted by Gasteiger charge is -2.41. The Morgan fingerprint density at radius 2 is 2.04 bits per heavy atom. The van der Waals surface area contributed by atoms with Gasteiger partial charge in [0.15, 0.2) is 0 Å². The number of carbonyl (C=O) groups excluding carboxylic acids is 3. The lowest BCUT2D eigenvalue weighted by atomic mass is 9.75. The molecular formula is C19H24F2N2O4. The summed E-state index contributed by atoms with van der Waals surface area (Å²) >= 11 is 0. The summed E-state index contributed by atoms with van der Waals surface area (Å²) in [6, 6.07) is 3.22. The second kappa shape index (κ2) is 8.92. The van der Waals surface area contributed by atoms with Crippen LogP contribution in [-0.4, -0.2) is 48.9 Å². The van der Waals surface area contributed by atoms with Crippen LogP contribution in [0.25, 0.3) is 0 Å². The molecule has 1 aliphatic rings. The fraction of sp³-hybridized carbons (Fsp3) is 0.526. The normalized spacial score (nSPS) is 19.5. The molecule has 1 aromatic rings. The van der Waals surface area contributed by atoms with Crippen molar-refractivity contribution >= 4 is 17.8 Å². The van der Waals surface area contributed by atoms with E-state index in [0.717, 1.165) is 12.1 Å². The molecule has 1 heterocycles. The van der Waals surface area contributed by atoms with Gasteiger partial charge in [0, 0.05) is 26.1 Å². The predicted molar refractivity (Wildman–Crippen MR) is 93.6 cm³/mol. The second-order valence-corrected chi connectivity index (χ2v) is 6.74. The van der Waals surface area contributed by atoms with Crippen molar-refractivity contribution in [2.45, 2.75) is 33.1 Å². The fourth-order valence-electron chi connectivity index (χ4n) is 3.35. The number of likely N-dealkylation sites (tertiary alicyclic amines) is 1. The number of nitrogens with zero attached hydrogens (tertiary/aromatic N) is 1. The van der Waals surface area contributed by atoms with Crippen molar-refractivity contribution < 1.29 is 27.9 Å². The Hall–Kier alpha value is -2.51. The third-order valence-corrected chi connectivity index (χ3v) is 4.67. The molecule has 1 atom stereocenters. The smallest absolute Gasteiger partial charge is 0.314 e. The maximum Gasteiger partial charge on any atom is 0.314 e. The third kappa shape index (κ3) is 5.24. The first-order valence-electron chi connectivity index (χ1n) is 8.91. The van der Waals surface area contributed by atoms with Gasteiger partial charge in [-0.1, -0.05) is 6.07 Å². The largest absolute Gasteiger partial charge is 0.466 e. The van der Waals surface area contributed by atoms with Crippen molar-refractivity contribution in [3.8, 4) is 0 Å². The number of esters is 1. The van der Waals surface area contributed by atoms with E-state index in [4.69, 9.17) is 4.74 Å². The van der Waals surface area contributed by atoms with Crippen LogP contribution in [0.15, 0.2) is 18.2 Å². The van der Waals surface area contributed by atoms with Gasteiger partial charge in [0.2, 0.25) is 11.8 Å². The third-order valence-electron chi connectivity index (χ3n) is 4.67. The van der Waals surface area contributed by atoms with E-state index in [1.54, 1.807) is 6.92 Å². The van der Waals surface area contributed by atoms with Gasteiger partial charge >= 0.3 is 5.97 Å². The summed E-state index contributed by atoms with van der Waals surface area (Å²) in [5.41, 5.74) is -0.917. The van der Waals surface area contributed by atoms with E-state index in [1.807, 2.05) is 0 Å². The van der Waals surface area contributed by atoms with E-state index >= 15 is 0 Å². The molecule has 0 spiro atoms. The van der Waals surface area contributed by atoms with E-state index < -0.39 is 23.0 Å². The van der Waals surface area contributed by atoms with Gasteiger partial charge in [-0.25, -0.2) is 8.78 Å². The van der Waals surface area contributed by atoms with Gasteiger partial charge in [-0.15, -0.1) is 0 Å². The summed E-state index contributed by atoms with van der Waals surface area (Å²) in [5, 5.41) is 2.44. The lowest BCUT2D eigenvalue weighted by Crippen LogP contribution is -2.53. The zero-order valence-corrected chi connectivity index (χ0v) is 15.5. The van der Waals surface area contributed by atoms with Gasteiger partial charge in [-0.3, -0.25) is 14.4 Å². The number of amides is 2. The summed E-state index contributed by atoms with van der Waals surface area (Å²) < 4.78 is 32.6. The first kappa shape index (κ1) is 20.8. The summed E-state index contributed by atoms with van der Waals surface area (Å²) in [5.74, 6) is -2.59. The van der Waals surface area contributed by atoms with Gasteiger partial charge in [0.05, 0.1) is 18.6 Å². The minimum atomic E-state index is -1.11. The molecule has 1 aliphatic heterocycles. The molecule has 0 radical (unpaired) electrons. The molecule has 148 valence electrons. The van der Waals surface area contributed by atoms with Crippen LogP contribution in [0.4, 0.5) is 8.78 Å². The predicted octanol–water partition coefficient (Wildman–Crippen LogP) is 1.82. The molecule has 1 aromatic carbocycles. The van der Waals surface area contributed by atoms with Crippen LogP contribution in [0.5, 0.6) is 0 Å². The Labute approximate surface area is 156 Å². The zero-order chi connectivity index (χ0) is 20.0. The van der Waals surface area contributed by atoms with E-state index in [2.05, 4.69) is 5.32 Å². The van der Waals surface area contributed by atoms with Crippen LogP contribution < -0.4 is 5.32 Å². The first-order chi connectivity index (χ1) is 12.8. The minimum absolute atomic E-state index is 0.00185. The van der Waals surface area contributed by atoms with E-state index in [1.165, 1.54) is 17.9 Å². The Bertz CT molecular complexity index is 726. The summed E-state index contributed by atoms with van der Waals surface area (Å²) in [6.45, 7) is 3.47. The van der Waals surface area contributed by atoms with Crippen LogP contribution >= 0.6 is 0 Å². The van der Waals surface area contributed by atoms with Crippen molar-refractivity contribution in [3.05, 3.63) is 35.4 Å². The lowest BCUT2D eigenvalue weighted by molar-refractivity contribution is -0.160. The van der Waals surface area contributed by atoms with E-state index in [0.29, 0.717) is 19.4 Å². The number of rotatable bonds is 6. The number of carbonyl (C=O) groups is 3. The number of ether oxygens (including phenoxy) is 1. The monoisotopic (exact) mass is 382 g/mol. The molecule has 1 fully saturated rings. The van der Waals surface area contributed by atoms with Crippen molar-refractivity contribution in [1.82, 2.24) is 10.2 Å². The molecule has 27 heavy (non-hydrogen) atoms. The van der Waals surface area contributed by atoms with Crippen LogP contribution in [0.2, 0.25) is 0 Å². The number of hydrogen-bond donors (Lipinski definition) is 1.